The zero-order valence-corrected chi connectivity index (χ0v) is 10.2. The van der Waals surface area contributed by atoms with E-state index in [2.05, 4.69) is 30.4 Å². The molecule has 3 rings (SSSR count). The van der Waals surface area contributed by atoms with Crippen molar-refractivity contribution in [2.75, 3.05) is 0 Å². The highest BCUT2D eigenvalue weighted by Gasteiger charge is 2.35. The van der Waals surface area contributed by atoms with Crippen molar-refractivity contribution < 1.29 is 0 Å². The van der Waals surface area contributed by atoms with Gasteiger partial charge in [0.2, 0.25) is 4.96 Å². The number of hydrogen-bond donors (Lipinski definition) is 0. The van der Waals surface area contributed by atoms with E-state index in [4.69, 9.17) is 4.98 Å². The van der Waals surface area contributed by atoms with E-state index in [0.717, 1.165) is 17.8 Å². The molecule has 2 heterocycles. The first kappa shape index (κ1) is 9.33. The Hall–Kier alpha value is -0.900. The fourth-order valence-corrected chi connectivity index (χ4v) is 3.14. The van der Waals surface area contributed by atoms with Gasteiger partial charge in [0, 0.05) is 5.41 Å². The number of aryl methyl sites for hydroxylation is 2. The van der Waals surface area contributed by atoms with Gasteiger partial charge in [-0.2, -0.15) is 5.10 Å². The van der Waals surface area contributed by atoms with E-state index in [1.807, 2.05) is 0 Å². The van der Waals surface area contributed by atoms with E-state index < -0.39 is 0 Å². The smallest absolute Gasteiger partial charge is 0.212 e. The molecular formula is C11H15N3S. The van der Waals surface area contributed by atoms with Crippen molar-refractivity contribution in [2.45, 2.75) is 45.4 Å². The SMILES string of the molecule is CCc1nn2c3c(nc2s1)C(C)(C)CC3. The summed E-state index contributed by atoms with van der Waals surface area (Å²) in [7, 11) is 0. The molecular weight excluding hydrogens is 206 g/mol. The fourth-order valence-electron chi connectivity index (χ4n) is 2.29. The molecule has 2 aromatic heterocycles. The van der Waals surface area contributed by atoms with Crippen molar-refractivity contribution in [1.29, 1.82) is 0 Å². The Balaban J connectivity index is 2.25. The van der Waals surface area contributed by atoms with Crippen LogP contribution in [0.3, 0.4) is 0 Å². The van der Waals surface area contributed by atoms with Crippen LogP contribution in [0.2, 0.25) is 0 Å². The Morgan fingerprint density at radius 1 is 1.47 bits per heavy atom. The third-order valence-electron chi connectivity index (χ3n) is 3.27. The molecule has 2 aromatic rings. The van der Waals surface area contributed by atoms with E-state index >= 15 is 0 Å². The van der Waals surface area contributed by atoms with Crippen LogP contribution in [0.15, 0.2) is 0 Å². The van der Waals surface area contributed by atoms with E-state index in [9.17, 15) is 0 Å². The third-order valence-corrected chi connectivity index (χ3v) is 4.32. The van der Waals surface area contributed by atoms with Crippen LogP contribution in [0.25, 0.3) is 4.96 Å². The van der Waals surface area contributed by atoms with Gasteiger partial charge in [0.05, 0.1) is 11.4 Å². The maximum atomic E-state index is 4.73. The summed E-state index contributed by atoms with van der Waals surface area (Å²) in [4.78, 5) is 5.81. The van der Waals surface area contributed by atoms with Gasteiger partial charge in [-0.1, -0.05) is 32.1 Å². The van der Waals surface area contributed by atoms with Gasteiger partial charge in [-0.05, 0) is 19.3 Å². The quantitative estimate of drug-likeness (QED) is 0.741. The molecule has 0 aromatic carbocycles. The van der Waals surface area contributed by atoms with Gasteiger partial charge >= 0.3 is 0 Å². The summed E-state index contributed by atoms with van der Waals surface area (Å²) in [6, 6.07) is 0. The van der Waals surface area contributed by atoms with Gasteiger partial charge in [0.1, 0.15) is 5.01 Å². The number of imidazole rings is 1. The van der Waals surface area contributed by atoms with Crippen molar-refractivity contribution in [1.82, 2.24) is 14.6 Å². The second-order valence-corrected chi connectivity index (χ2v) is 5.88. The first-order valence-electron chi connectivity index (χ1n) is 5.49. The van der Waals surface area contributed by atoms with Crippen LogP contribution in [0.1, 0.15) is 43.6 Å². The zero-order chi connectivity index (χ0) is 10.6. The van der Waals surface area contributed by atoms with Crippen LogP contribution in [-0.4, -0.2) is 14.6 Å². The maximum absolute atomic E-state index is 4.73. The molecule has 0 radical (unpaired) electrons. The predicted molar refractivity (Wildman–Crippen MR) is 61.6 cm³/mol. The summed E-state index contributed by atoms with van der Waals surface area (Å²) >= 11 is 1.72. The molecule has 0 saturated heterocycles. The second-order valence-electron chi connectivity index (χ2n) is 4.83. The summed E-state index contributed by atoms with van der Waals surface area (Å²) < 4.78 is 2.06. The molecule has 80 valence electrons. The summed E-state index contributed by atoms with van der Waals surface area (Å²) in [5, 5.41) is 5.79. The Kier molecular flexibility index (Phi) is 1.75. The van der Waals surface area contributed by atoms with Gasteiger partial charge in [0.15, 0.2) is 0 Å². The first-order valence-corrected chi connectivity index (χ1v) is 6.31. The summed E-state index contributed by atoms with van der Waals surface area (Å²) in [5.41, 5.74) is 2.85. The molecule has 0 aliphatic heterocycles. The van der Waals surface area contributed by atoms with Crippen molar-refractivity contribution in [3.63, 3.8) is 0 Å². The van der Waals surface area contributed by atoms with Crippen LogP contribution in [-0.2, 0) is 18.3 Å². The Labute approximate surface area is 93.1 Å². The minimum absolute atomic E-state index is 0.245. The Bertz CT molecular complexity index is 521. The largest absolute Gasteiger partial charge is 0.222 e. The zero-order valence-electron chi connectivity index (χ0n) is 9.37. The topological polar surface area (TPSA) is 30.2 Å². The van der Waals surface area contributed by atoms with Crippen LogP contribution < -0.4 is 0 Å². The highest BCUT2D eigenvalue weighted by molar-refractivity contribution is 7.16. The third kappa shape index (κ3) is 1.17. The van der Waals surface area contributed by atoms with Gasteiger partial charge in [-0.15, -0.1) is 0 Å². The van der Waals surface area contributed by atoms with Crippen molar-refractivity contribution in [3.8, 4) is 0 Å². The number of rotatable bonds is 1. The number of aromatic nitrogens is 3. The lowest BCUT2D eigenvalue weighted by atomic mass is 9.91. The Morgan fingerprint density at radius 3 is 3.00 bits per heavy atom. The van der Waals surface area contributed by atoms with Crippen LogP contribution in [0.5, 0.6) is 0 Å². The number of fused-ring (bicyclic) bond motifs is 3. The monoisotopic (exact) mass is 221 g/mol. The molecule has 15 heavy (non-hydrogen) atoms. The van der Waals surface area contributed by atoms with Crippen LogP contribution in [0.4, 0.5) is 0 Å². The second kappa shape index (κ2) is 2.82. The van der Waals surface area contributed by atoms with Gasteiger partial charge in [0.25, 0.3) is 0 Å². The lowest BCUT2D eigenvalue weighted by molar-refractivity contribution is 0.510. The van der Waals surface area contributed by atoms with Crippen molar-refractivity contribution in [3.05, 3.63) is 16.4 Å². The molecule has 1 aliphatic rings. The lowest BCUT2D eigenvalue weighted by Gasteiger charge is -2.14. The molecule has 3 nitrogen and oxygen atoms in total. The molecule has 0 atom stereocenters. The molecule has 0 saturated carbocycles. The fraction of sp³-hybridized carbons (Fsp3) is 0.636. The average Bonchev–Trinajstić information content (AvgIpc) is 2.77. The van der Waals surface area contributed by atoms with Crippen molar-refractivity contribution in [2.24, 2.45) is 0 Å². The minimum Gasteiger partial charge on any atom is -0.222 e. The minimum atomic E-state index is 0.245. The molecule has 0 fully saturated rings. The molecule has 4 heteroatoms. The van der Waals surface area contributed by atoms with Crippen LogP contribution >= 0.6 is 11.3 Å². The molecule has 0 bridgehead atoms. The molecule has 0 N–H and O–H groups in total. The summed E-state index contributed by atoms with van der Waals surface area (Å²) in [6.07, 6.45) is 3.33. The molecule has 1 aliphatic carbocycles. The van der Waals surface area contributed by atoms with E-state index in [1.54, 1.807) is 11.3 Å². The summed E-state index contributed by atoms with van der Waals surface area (Å²) in [5.74, 6) is 0. The average molecular weight is 221 g/mol. The lowest BCUT2D eigenvalue weighted by Crippen LogP contribution is -2.12. The normalized spacial score (nSPS) is 18.6. The van der Waals surface area contributed by atoms with Gasteiger partial charge in [-0.25, -0.2) is 9.50 Å². The number of nitrogens with zero attached hydrogens (tertiary/aromatic N) is 3. The molecule has 0 spiro atoms. The van der Waals surface area contributed by atoms with Gasteiger partial charge < -0.3 is 0 Å². The van der Waals surface area contributed by atoms with E-state index in [1.165, 1.54) is 22.8 Å². The summed E-state index contributed by atoms with van der Waals surface area (Å²) in [6.45, 7) is 6.69. The highest BCUT2D eigenvalue weighted by Crippen LogP contribution is 2.38. The van der Waals surface area contributed by atoms with Crippen molar-refractivity contribution >= 4 is 16.3 Å². The van der Waals surface area contributed by atoms with E-state index in [0.29, 0.717) is 0 Å². The van der Waals surface area contributed by atoms with E-state index in [-0.39, 0.29) is 5.41 Å². The number of hydrogen-bond acceptors (Lipinski definition) is 3. The highest BCUT2D eigenvalue weighted by atomic mass is 32.1. The van der Waals surface area contributed by atoms with Gasteiger partial charge in [-0.3, -0.25) is 0 Å². The maximum Gasteiger partial charge on any atom is 0.212 e. The molecule has 0 amide bonds. The first-order chi connectivity index (χ1) is 7.12. The predicted octanol–water partition coefficient (Wildman–Crippen LogP) is 2.58. The van der Waals surface area contributed by atoms with Crippen LogP contribution in [0, 0.1) is 0 Å². The Morgan fingerprint density at radius 2 is 2.27 bits per heavy atom. The molecule has 0 unspecified atom stereocenters. The standard InChI is InChI=1S/C11H15N3S/c1-4-8-13-14-7-5-6-11(2,3)9(7)12-10(14)15-8/h4-6H2,1-3H3.